The third kappa shape index (κ3) is 2.78. The highest BCUT2D eigenvalue weighted by Crippen LogP contribution is 2.24. The van der Waals surface area contributed by atoms with E-state index in [1.165, 1.54) is 4.90 Å². The lowest BCUT2D eigenvalue weighted by Gasteiger charge is -2.19. The molecule has 0 spiro atoms. The maximum atomic E-state index is 12.5. The van der Waals surface area contributed by atoms with Crippen LogP contribution in [0.25, 0.3) is 0 Å². The molecule has 2 aromatic rings. The van der Waals surface area contributed by atoms with Crippen molar-refractivity contribution in [3.8, 4) is 0 Å². The van der Waals surface area contributed by atoms with E-state index in [0.29, 0.717) is 5.69 Å². The average molecular weight is 294 g/mol. The van der Waals surface area contributed by atoms with Gasteiger partial charge >= 0.3 is 0 Å². The quantitative estimate of drug-likeness (QED) is 0.882. The van der Waals surface area contributed by atoms with Crippen molar-refractivity contribution in [3.63, 3.8) is 0 Å². The van der Waals surface area contributed by atoms with Gasteiger partial charge in [0.2, 0.25) is 5.91 Å². The van der Waals surface area contributed by atoms with Gasteiger partial charge in [-0.3, -0.25) is 14.9 Å². The number of nitrogens with zero attached hydrogens (tertiary/aromatic N) is 1. The molecule has 0 aromatic heterocycles. The molecule has 4 heteroatoms. The van der Waals surface area contributed by atoms with Gasteiger partial charge in [0.15, 0.2) is 0 Å². The van der Waals surface area contributed by atoms with E-state index in [0.717, 1.165) is 5.56 Å². The summed E-state index contributed by atoms with van der Waals surface area (Å²) in [7, 11) is 0. The van der Waals surface area contributed by atoms with Crippen molar-refractivity contribution in [1.82, 2.24) is 5.32 Å². The summed E-state index contributed by atoms with van der Waals surface area (Å²) in [6.45, 7) is 2.00. The minimum Gasteiger partial charge on any atom is -0.299 e. The molecule has 0 aliphatic carbocycles. The van der Waals surface area contributed by atoms with E-state index >= 15 is 0 Å². The van der Waals surface area contributed by atoms with Crippen LogP contribution in [0.5, 0.6) is 0 Å². The second kappa shape index (κ2) is 6.12. The maximum Gasteiger partial charge on any atom is 0.251 e. The van der Waals surface area contributed by atoms with Crippen LogP contribution in [0.4, 0.5) is 5.69 Å². The lowest BCUT2D eigenvalue weighted by atomic mass is 10.1. The van der Waals surface area contributed by atoms with Crippen molar-refractivity contribution >= 4 is 17.5 Å². The smallest absolute Gasteiger partial charge is 0.251 e. The van der Waals surface area contributed by atoms with Crippen molar-refractivity contribution in [3.05, 3.63) is 66.2 Å². The third-order valence-corrected chi connectivity index (χ3v) is 3.91. The number of imide groups is 1. The van der Waals surface area contributed by atoms with E-state index < -0.39 is 6.04 Å². The Morgan fingerprint density at radius 2 is 1.59 bits per heavy atom. The number of nitrogens with one attached hydrogen (secondary N) is 1. The topological polar surface area (TPSA) is 49.4 Å². The summed E-state index contributed by atoms with van der Waals surface area (Å²) < 4.78 is 0. The Labute approximate surface area is 129 Å². The fraction of sp³-hybridized carbons (Fsp3) is 0.222. The average Bonchev–Trinajstić information content (AvgIpc) is 2.83. The lowest BCUT2D eigenvalue weighted by Crippen LogP contribution is -2.39. The van der Waals surface area contributed by atoms with Crippen molar-refractivity contribution < 1.29 is 9.59 Å². The van der Waals surface area contributed by atoms with Crippen LogP contribution in [-0.4, -0.2) is 17.9 Å². The standard InChI is InChI=1S/C18H18N2O2/c1-13(14-8-4-2-5-9-14)19-16-12-17(21)20(18(16)22)15-10-6-3-7-11-15/h2-11,13,16,19H,12H2,1H3/t13-,16+/m1/s1. The normalized spacial score (nSPS) is 19.5. The molecule has 4 nitrogen and oxygen atoms in total. The molecule has 1 N–H and O–H groups in total. The molecule has 1 fully saturated rings. The van der Waals surface area contributed by atoms with Gasteiger partial charge in [0.25, 0.3) is 5.91 Å². The Balaban J connectivity index is 1.74. The van der Waals surface area contributed by atoms with Crippen molar-refractivity contribution in [2.24, 2.45) is 0 Å². The summed E-state index contributed by atoms with van der Waals surface area (Å²) in [4.78, 5) is 26.0. The molecule has 0 saturated carbocycles. The van der Waals surface area contributed by atoms with E-state index in [1.54, 1.807) is 12.1 Å². The van der Waals surface area contributed by atoms with Crippen LogP contribution in [0.15, 0.2) is 60.7 Å². The summed E-state index contributed by atoms with van der Waals surface area (Å²) in [5.74, 6) is -0.340. The largest absolute Gasteiger partial charge is 0.299 e. The van der Waals surface area contributed by atoms with E-state index in [9.17, 15) is 9.59 Å². The molecule has 2 atom stereocenters. The molecular formula is C18H18N2O2. The number of carbonyl (C=O) groups excluding carboxylic acids is 2. The molecule has 112 valence electrons. The second-order valence-electron chi connectivity index (χ2n) is 5.46. The van der Waals surface area contributed by atoms with Crippen LogP contribution in [0.2, 0.25) is 0 Å². The number of carbonyl (C=O) groups is 2. The van der Waals surface area contributed by atoms with E-state index in [4.69, 9.17) is 0 Å². The van der Waals surface area contributed by atoms with Crippen molar-refractivity contribution in [2.45, 2.75) is 25.4 Å². The molecule has 1 aliphatic rings. The zero-order valence-electron chi connectivity index (χ0n) is 12.4. The fourth-order valence-electron chi connectivity index (χ4n) is 2.75. The molecule has 0 bridgehead atoms. The molecule has 1 saturated heterocycles. The van der Waals surface area contributed by atoms with Gasteiger partial charge < -0.3 is 0 Å². The Morgan fingerprint density at radius 3 is 2.23 bits per heavy atom. The second-order valence-corrected chi connectivity index (χ2v) is 5.46. The minimum absolute atomic E-state index is 0.0127. The van der Waals surface area contributed by atoms with Crippen LogP contribution in [0.1, 0.15) is 24.9 Å². The van der Waals surface area contributed by atoms with Crippen LogP contribution >= 0.6 is 0 Å². The summed E-state index contributed by atoms with van der Waals surface area (Å²) in [5, 5.41) is 3.26. The molecule has 2 amide bonds. The molecule has 1 heterocycles. The molecule has 1 aliphatic heterocycles. The monoisotopic (exact) mass is 294 g/mol. The Hall–Kier alpha value is -2.46. The number of hydrogen-bond donors (Lipinski definition) is 1. The Kier molecular flexibility index (Phi) is 4.02. The predicted octanol–water partition coefficient (Wildman–Crippen LogP) is 2.67. The SMILES string of the molecule is C[C@@H](N[C@H]1CC(=O)N(c2ccccc2)C1=O)c1ccccc1. The first kappa shape index (κ1) is 14.5. The summed E-state index contributed by atoms with van der Waals surface area (Å²) in [6.07, 6.45) is 0.199. The number of hydrogen-bond acceptors (Lipinski definition) is 3. The van der Waals surface area contributed by atoms with Crippen LogP contribution in [0.3, 0.4) is 0 Å². The maximum absolute atomic E-state index is 12.5. The summed E-state index contributed by atoms with van der Waals surface area (Å²) in [5.41, 5.74) is 1.73. The third-order valence-electron chi connectivity index (χ3n) is 3.91. The first-order chi connectivity index (χ1) is 10.7. The first-order valence-electron chi connectivity index (χ1n) is 7.39. The lowest BCUT2D eigenvalue weighted by molar-refractivity contribution is -0.121. The van der Waals surface area contributed by atoms with E-state index in [1.807, 2.05) is 55.5 Å². The van der Waals surface area contributed by atoms with Crippen LogP contribution in [0, 0.1) is 0 Å². The van der Waals surface area contributed by atoms with Gasteiger partial charge in [-0.2, -0.15) is 0 Å². The molecule has 2 aromatic carbocycles. The van der Waals surface area contributed by atoms with Crippen LogP contribution < -0.4 is 10.2 Å². The molecule has 22 heavy (non-hydrogen) atoms. The minimum atomic E-state index is -0.470. The van der Waals surface area contributed by atoms with Gasteiger partial charge in [-0.15, -0.1) is 0 Å². The van der Waals surface area contributed by atoms with E-state index in [2.05, 4.69) is 5.32 Å². The van der Waals surface area contributed by atoms with E-state index in [-0.39, 0.29) is 24.3 Å². The highest BCUT2D eigenvalue weighted by molar-refractivity contribution is 6.22. The Morgan fingerprint density at radius 1 is 1.00 bits per heavy atom. The number of para-hydroxylation sites is 1. The van der Waals surface area contributed by atoms with Gasteiger partial charge in [-0.1, -0.05) is 48.5 Å². The van der Waals surface area contributed by atoms with Crippen molar-refractivity contribution in [2.75, 3.05) is 4.90 Å². The molecule has 0 unspecified atom stereocenters. The number of anilines is 1. The van der Waals surface area contributed by atoms with Gasteiger partial charge in [-0.25, -0.2) is 4.90 Å². The van der Waals surface area contributed by atoms with Crippen molar-refractivity contribution in [1.29, 1.82) is 0 Å². The first-order valence-corrected chi connectivity index (χ1v) is 7.39. The number of benzene rings is 2. The predicted molar refractivity (Wildman–Crippen MR) is 85.3 cm³/mol. The zero-order chi connectivity index (χ0) is 15.5. The van der Waals surface area contributed by atoms with Crippen LogP contribution in [-0.2, 0) is 9.59 Å². The summed E-state index contributed by atoms with van der Waals surface area (Å²) in [6, 6.07) is 18.5. The summed E-state index contributed by atoms with van der Waals surface area (Å²) >= 11 is 0. The van der Waals surface area contributed by atoms with Gasteiger partial charge in [0, 0.05) is 6.04 Å². The highest BCUT2D eigenvalue weighted by Gasteiger charge is 2.39. The van der Waals surface area contributed by atoms with Gasteiger partial charge in [0.1, 0.15) is 0 Å². The highest BCUT2D eigenvalue weighted by atomic mass is 16.2. The zero-order valence-corrected chi connectivity index (χ0v) is 12.4. The molecular weight excluding hydrogens is 276 g/mol. The molecule has 3 rings (SSSR count). The number of rotatable bonds is 4. The fourth-order valence-corrected chi connectivity index (χ4v) is 2.75. The molecule has 0 radical (unpaired) electrons. The number of amides is 2. The Bertz CT molecular complexity index is 670. The van der Waals surface area contributed by atoms with Gasteiger partial charge in [-0.05, 0) is 24.6 Å². The van der Waals surface area contributed by atoms with Gasteiger partial charge in [0.05, 0.1) is 18.2 Å².